The maximum absolute atomic E-state index is 13.1. The van der Waals surface area contributed by atoms with E-state index in [9.17, 15) is 4.79 Å². The lowest BCUT2D eigenvalue weighted by Crippen LogP contribution is -2.48. The number of nitrogens with zero attached hydrogens (tertiary/aromatic N) is 2. The summed E-state index contributed by atoms with van der Waals surface area (Å²) in [6.07, 6.45) is 7.60. The molecule has 2 aromatic rings. The third-order valence-corrected chi connectivity index (χ3v) is 6.77. The number of aryl methyl sites for hydroxylation is 1. The first kappa shape index (κ1) is 21.4. The first-order valence-corrected chi connectivity index (χ1v) is 11.9. The number of halogens is 1. The summed E-state index contributed by atoms with van der Waals surface area (Å²) in [7, 11) is 0. The van der Waals surface area contributed by atoms with Crippen molar-refractivity contribution in [3.05, 3.63) is 70.7 Å². The number of rotatable bonds is 9. The molecule has 3 nitrogen and oxygen atoms in total. The van der Waals surface area contributed by atoms with E-state index < -0.39 is 0 Å². The van der Waals surface area contributed by atoms with Crippen LogP contribution in [-0.4, -0.2) is 47.9 Å². The van der Waals surface area contributed by atoms with Crippen LogP contribution in [-0.2, 0) is 17.6 Å². The Morgan fingerprint density at radius 2 is 1.63 bits per heavy atom. The second-order valence-electron chi connectivity index (χ2n) is 8.95. The van der Waals surface area contributed by atoms with Gasteiger partial charge in [-0.2, -0.15) is 0 Å². The van der Waals surface area contributed by atoms with Gasteiger partial charge < -0.3 is 9.80 Å². The smallest absolute Gasteiger partial charge is 0.227 e. The Morgan fingerprint density at radius 1 is 0.933 bits per heavy atom. The Labute approximate surface area is 186 Å². The van der Waals surface area contributed by atoms with E-state index in [1.807, 2.05) is 24.3 Å². The zero-order valence-electron chi connectivity index (χ0n) is 17.8. The highest BCUT2D eigenvalue weighted by Gasteiger charge is 2.32. The van der Waals surface area contributed by atoms with E-state index in [0.717, 1.165) is 61.9 Å². The zero-order chi connectivity index (χ0) is 20.8. The molecule has 1 heterocycles. The summed E-state index contributed by atoms with van der Waals surface area (Å²) in [6, 6.07) is 18.9. The van der Waals surface area contributed by atoms with E-state index in [4.69, 9.17) is 11.6 Å². The minimum atomic E-state index is 0.284. The molecule has 4 rings (SSSR count). The summed E-state index contributed by atoms with van der Waals surface area (Å²) < 4.78 is 0. The predicted octanol–water partition coefficient (Wildman–Crippen LogP) is 5.22. The van der Waals surface area contributed by atoms with Gasteiger partial charge in [-0.05, 0) is 74.2 Å². The molecule has 1 aliphatic heterocycles. The SMILES string of the molecule is O=C(Cc1ccc(Cl)cc1)N(CC1CC1)C1CCN(CCCc2ccccc2)CC1. The van der Waals surface area contributed by atoms with Gasteiger partial charge in [0.25, 0.3) is 0 Å². The standard InChI is InChI=1S/C26H33ClN2O/c27-24-12-10-22(11-13-24)19-26(30)29(20-23-8-9-23)25-14-17-28(18-15-25)16-4-7-21-5-2-1-3-6-21/h1-3,5-6,10-13,23,25H,4,7-9,14-20H2. The average molecular weight is 425 g/mol. The van der Waals surface area contributed by atoms with Crippen molar-refractivity contribution in [1.82, 2.24) is 9.80 Å². The molecule has 0 N–H and O–H groups in total. The summed E-state index contributed by atoms with van der Waals surface area (Å²) in [6.45, 7) is 4.32. The van der Waals surface area contributed by atoms with Crippen LogP contribution in [0, 0.1) is 5.92 Å². The van der Waals surface area contributed by atoms with Crippen LogP contribution in [0.2, 0.25) is 5.02 Å². The first-order chi connectivity index (χ1) is 14.7. The second kappa shape index (κ2) is 10.5. The molecule has 1 aliphatic carbocycles. The van der Waals surface area contributed by atoms with Gasteiger partial charge in [0, 0.05) is 30.7 Å². The van der Waals surface area contributed by atoms with Crippen molar-refractivity contribution in [3.8, 4) is 0 Å². The fourth-order valence-corrected chi connectivity index (χ4v) is 4.64. The quantitative estimate of drug-likeness (QED) is 0.551. The molecule has 160 valence electrons. The van der Waals surface area contributed by atoms with E-state index in [1.54, 1.807) is 0 Å². The molecule has 0 bridgehead atoms. The van der Waals surface area contributed by atoms with E-state index in [-0.39, 0.29) is 5.91 Å². The van der Waals surface area contributed by atoms with Gasteiger partial charge in [-0.3, -0.25) is 4.79 Å². The molecule has 4 heteroatoms. The number of hydrogen-bond acceptors (Lipinski definition) is 2. The lowest BCUT2D eigenvalue weighted by atomic mass is 10.0. The van der Waals surface area contributed by atoms with Crippen molar-refractivity contribution < 1.29 is 4.79 Å². The minimum absolute atomic E-state index is 0.284. The van der Waals surface area contributed by atoms with Crippen LogP contribution in [0.25, 0.3) is 0 Å². The third kappa shape index (κ3) is 6.33. The van der Waals surface area contributed by atoms with Gasteiger partial charge in [0.05, 0.1) is 6.42 Å². The van der Waals surface area contributed by atoms with Crippen molar-refractivity contribution in [2.45, 2.75) is 51.0 Å². The maximum Gasteiger partial charge on any atom is 0.227 e. The number of carbonyl (C=O) groups is 1. The third-order valence-electron chi connectivity index (χ3n) is 6.52. The van der Waals surface area contributed by atoms with Crippen molar-refractivity contribution in [2.75, 3.05) is 26.2 Å². The van der Waals surface area contributed by atoms with E-state index in [1.165, 1.54) is 24.8 Å². The van der Waals surface area contributed by atoms with Crippen LogP contribution in [0.4, 0.5) is 0 Å². The summed E-state index contributed by atoms with van der Waals surface area (Å²) in [4.78, 5) is 17.9. The molecule has 0 aromatic heterocycles. The van der Waals surface area contributed by atoms with E-state index in [2.05, 4.69) is 40.1 Å². The summed E-state index contributed by atoms with van der Waals surface area (Å²) in [5, 5.41) is 0.723. The predicted molar refractivity (Wildman–Crippen MR) is 124 cm³/mol. The van der Waals surface area contributed by atoms with E-state index >= 15 is 0 Å². The van der Waals surface area contributed by atoms with Gasteiger partial charge >= 0.3 is 0 Å². The summed E-state index contributed by atoms with van der Waals surface area (Å²) >= 11 is 5.99. The lowest BCUT2D eigenvalue weighted by Gasteiger charge is -2.39. The molecule has 1 amide bonds. The van der Waals surface area contributed by atoms with E-state index in [0.29, 0.717) is 12.5 Å². The molecule has 0 spiro atoms. The van der Waals surface area contributed by atoms with Crippen LogP contribution in [0.1, 0.15) is 43.2 Å². The van der Waals surface area contributed by atoms with Crippen LogP contribution < -0.4 is 0 Å². The van der Waals surface area contributed by atoms with Gasteiger partial charge in [-0.15, -0.1) is 0 Å². The van der Waals surface area contributed by atoms with Crippen LogP contribution in [0.5, 0.6) is 0 Å². The van der Waals surface area contributed by atoms with Gasteiger partial charge in [-0.1, -0.05) is 54.1 Å². The molecule has 1 saturated heterocycles. The highest BCUT2D eigenvalue weighted by Crippen LogP contribution is 2.32. The van der Waals surface area contributed by atoms with Crippen LogP contribution in [0.15, 0.2) is 54.6 Å². The number of carbonyl (C=O) groups excluding carboxylic acids is 1. The molecule has 0 unspecified atom stereocenters. The maximum atomic E-state index is 13.1. The van der Waals surface area contributed by atoms with Crippen LogP contribution >= 0.6 is 11.6 Å². The normalized spacial score (nSPS) is 17.8. The number of piperidine rings is 1. The zero-order valence-corrected chi connectivity index (χ0v) is 18.6. The lowest BCUT2D eigenvalue weighted by molar-refractivity contribution is -0.134. The number of likely N-dealkylation sites (tertiary alicyclic amines) is 1. The summed E-state index contributed by atoms with van der Waals surface area (Å²) in [5.41, 5.74) is 2.49. The first-order valence-electron chi connectivity index (χ1n) is 11.5. The Bertz CT molecular complexity index is 796. The van der Waals surface area contributed by atoms with Crippen molar-refractivity contribution in [2.24, 2.45) is 5.92 Å². The minimum Gasteiger partial charge on any atom is -0.339 e. The Kier molecular flexibility index (Phi) is 7.46. The number of hydrogen-bond donors (Lipinski definition) is 0. The topological polar surface area (TPSA) is 23.6 Å². The van der Waals surface area contributed by atoms with Gasteiger partial charge in [0.1, 0.15) is 0 Å². The molecular formula is C26H33ClN2O. The molecule has 1 saturated carbocycles. The van der Waals surface area contributed by atoms with Crippen molar-refractivity contribution >= 4 is 17.5 Å². The highest BCUT2D eigenvalue weighted by atomic mass is 35.5. The summed E-state index contributed by atoms with van der Waals surface area (Å²) in [5.74, 6) is 1.01. The Hall–Kier alpha value is -1.84. The molecular weight excluding hydrogens is 392 g/mol. The monoisotopic (exact) mass is 424 g/mol. The fraction of sp³-hybridized carbons (Fsp3) is 0.500. The molecule has 2 aliphatic rings. The molecule has 2 fully saturated rings. The van der Waals surface area contributed by atoms with Gasteiger partial charge in [0.2, 0.25) is 5.91 Å². The second-order valence-corrected chi connectivity index (χ2v) is 9.39. The largest absolute Gasteiger partial charge is 0.339 e. The van der Waals surface area contributed by atoms with Gasteiger partial charge in [-0.25, -0.2) is 0 Å². The number of amides is 1. The highest BCUT2D eigenvalue weighted by molar-refractivity contribution is 6.30. The van der Waals surface area contributed by atoms with Gasteiger partial charge in [0.15, 0.2) is 0 Å². The van der Waals surface area contributed by atoms with Crippen molar-refractivity contribution in [3.63, 3.8) is 0 Å². The fourth-order valence-electron chi connectivity index (χ4n) is 4.52. The Balaban J connectivity index is 1.26. The molecule has 2 aromatic carbocycles. The Morgan fingerprint density at radius 3 is 2.30 bits per heavy atom. The van der Waals surface area contributed by atoms with Crippen molar-refractivity contribution in [1.29, 1.82) is 0 Å². The molecule has 0 atom stereocenters. The number of benzene rings is 2. The molecule has 0 radical (unpaired) electrons. The molecule has 30 heavy (non-hydrogen) atoms. The van der Waals surface area contributed by atoms with Crippen LogP contribution in [0.3, 0.4) is 0 Å². The average Bonchev–Trinajstić information content (AvgIpc) is 3.59.